The minimum Gasteiger partial charge on any atom is -0.394 e. The lowest BCUT2D eigenvalue weighted by Gasteiger charge is -1.97. The lowest BCUT2D eigenvalue weighted by Crippen LogP contribution is -2.03. The molecule has 6 nitrogen and oxygen atoms in total. The molecular formula is C12H14N2O4. The highest BCUT2D eigenvalue weighted by Gasteiger charge is 1.97. The van der Waals surface area contributed by atoms with Crippen LogP contribution in [0.25, 0.3) is 0 Å². The van der Waals surface area contributed by atoms with Crippen LogP contribution in [0.15, 0.2) is 28.2 Å². The fourth-order valence-electron chi connectivity index (χ4n) is 0.890. The number of benzene rings is 1. The molecular weight excluding hydrogens is 236 g/mol. The molecule has 0 spiro atoms. The molecule has 0 aromatic heterocycles. The van der Waals surface area contributed by atoms with E-state index in [-0.39, 0.29) is 6.61 Å². The first kappa shape index (κ1) is 15.9. The lowest BCUT2D eigenvalue weighted by molar-refractivity contribution is 0.110. The van der Waals surface area contributed by atoms with E-state index in [1.54, 1.807) is 19.1 Å². The molecule has 0 saturated heterocycles. The number of aliphatic imine (C=N–C) groups is 2. The van der Waals surface area contributed by atoms with Crippen molar-refractivity contribution in [3.8, 4) is 0 Å². The van der Waals surface area contributed by atoms with Crippen molar-refractivity contribution < 1.29 is 19.8 Å². The van der Waals surface area contributed by atoms with Crippen LogP contribution in [0.5, 0.6) is 0 Å². The van der Waals surface area contributed by atoms with E-state index in [1.807, 2.05) is 0 Å². The molecule has 96 valence electrons. The maximum absolute atomic E-state index is 10.00. The second-order valence-corrected chi connectivity index (χ2v) is 3.41. The Kier molecular flexibility index (Phi) is 7.94. The maximum Gasteiger partial charge on any atom is 0.240 e. The van der Waals surface area contributed by atoms with Gasteiger partial charge >= 0.3 is 0 Å². The summed E-state index contributed by atoms with van der Waals surface area (Å²) in [5.74, 6) is 0. The van der Waals surface area contributed by atoms with Crippen LogP contribution in [-0.4, -0.2) is 35.1 Å². The zero-order chi connectivity index (χ0) is 14.0. The molecule has 1 rings (SSSR count). The van der Waals surface area contributed by atoms with Crippen LogP contribution in [0.2, 0.25) is 0 Å². The van der Waals surface area contributed by atoms with Crippen LogP contribution in [0.1, 0.15) is 12.5 Å². The molecule has 2 N–H and O–H groups in total. The van der Waals surface area contributed by atoms with Crippen LogP contribution in [0.4, 0.5) is 11.4 Å². The van der Waals surface area contributed by atoms with E-state index < -0.39 is 6.10 Å². The number of hydrogen-bond donors (Lipinski definition) is 2. The van der Waals surface area contributed by atoms with Gasteiger partial charge in [-0.25, -0.2) is 9.59 Å². The molecule has 1 atom stereocenters. The normalized spacial score (nSPS) is 10.2. The summed E-state index contributed by atoms with van der Waals surface area (Å²) in [6.07, 6.45) is 2.28. The number of aliphatic hydroxyl groups is 2. The topological polar surface area (TPSA) is 99.3 Å². The highest BCUT2D eigenvalue weighted by atomic mass is 16.3. The van der Waals surface area contributed by atoms with Gasteiger partial charge in [-0.3, -0.25) is 0 Å². The van der Waals surface area contributed by atoms with Crippen LogP contribution < -0.4 is 0 Å². The molecule has 1 aromatic rings. The van der Waals surface area contributed by atoms with Crippen molar-refractivity contribution >= 4 is 23.5 Å². The van der Waals surface area contributed by atoms with Gasteiger partial charge in [0.1, 0.15) is 0 Å². The third-order valence-electron chi connectivity index (χ3n) is 1.80. The van der Waals surface area contributed by atoms with Gasteiger partial charge in [0.05, 0.1) is 24.1 Å². The number of aryl methyl sites for hydroxylation is 1. The summed E-state index contributed by atoms with van der Waals surface area (Å²) in [6.45, 7) is 3.19. The Morgan fingerprint density at radius 3 is 2.28 bits per heavy atom. The Labute approximate surface area is 104 Å². The molecule has 0 aliphatic heterocycles. The van der Waals surface area contributed by atoms with Gasteiger partial charge in [-0.2, -0.15) is 9.98 Å². The van der Waals surface area contributed by atoms with Gasteiger partial charge in [-0.05, 0) is 31.5 Å². The molecule has 18 heavy (non-hydrogen) atoms. The molecule has 0 aliphatic carbocycles. The van der Waals surface area contributed by atoms with Crippen LogP contribution in [0.3, 0.4) is 0 Å². The Morgan fingerprint density at radius 2 is 1.83 bits per heavy atom. The predicted octanol–water partition coefficient (Wildman–Crippen LogP) is 1.29. The Hall–Kier alpha value is -2.10. The minimum atomic E-state index is -0.560. The highest BCUT2D eigenvalue weighted by molar-refractivity contribution is 5.61. The summed E-state index contributed by atoms with van der Waals surface area (Å²) in [7, 11) is 0. The smallest absolute Gasteiger partial charge is 0.240 e. The maximum atomic E-state index is 10.00. The summed E-state index contributed by atoms with van der Waals surface area (Å²) in [5.41, 5.74) is 1.72. The van der Waals surface area contributed by atoms with Gasteiger partial charge in [-0.15, -0.1) is 0 Å². The number of hydrogen-bond acceptors (Lipinski definition) is 6. The predicted molar refractivity (Wildman–Crippen MR) is 65.5 cm³/mol. The highest BCUT2D eigenvalue weighted by Crippen LogP contribution is 2.23. The molecule has 0 fully saturated rings. The molecule has 0 heterocycles. The van der Waals surface area contributed by atoms with Gasteiger partial charge in [0.2, 0.25) is 12.2 Å². The van der Waals surface area contributed by atoms with E-state index in [9.17, 15) is 9.59 Å². The second-order valence-electron chi connectivity index (χ2n) is 3.41. The summed E-state index contributed by atoms with van der Waals surface area (Å²) < 4.78 is 0. The number of carbonyl (C=O) groups excluding carboxylic acids is 2. The monoisotopic (exact) mass is 250 g/mol. The van der Waals surface area contributed by atoms with Crippen molar-refractivity contribution in [3.63, 3.8) is 0 Å². The fraction of sp³-hybridized carbons (Fsp3) is 0.333. The summed E-state index contributed by atoms with van der Waals surface area (Å²) in [4.78, 5) is 26.8. The van der Waals surface area contributed by atoms with Crippen molar-refractivity contribution in [1.82, 2.24) is 0 Å². The van der Waals surface area contributed by atoms with E-state index >= 15 is 0 Å². The summed E-state index contributed by atoms with van der Waals surface area (Å²) >= 11 is 0. The Balaban J connectivity index is 0.000000494. The zero-order valence-corrected chi connectivity index (χ0v) is 10.1. The Morgan fingerprint density at radius 1 is 1.28 bits per heavy atom. The molecule has 0 amide bonds. The van der Waals surface area contributed by atoms with Gasteiger partial charge in [0, 0.05) is 0 Å². The molecule has 1 unspecified atom stereocenters. The number of aliphatic hydroxyl groups excluding tert-OH is 2. The van der Waals surface area contributed by atoms with E-state index in [2.05, 4.69) is 9.98 Å². The third kappa shape index (κ3) is 6.48. The van der Waals surface area contributed by atoms with Crippen molar-refractivity contribution in [3.05, 3.63) is 23.8 Å². The van der Waals surface area contributed by atoms with E-state index in [4.69, 9.17) is 10.2 Å². The quantitative estimate of drug-likeness (QED) is 0.623. The largest absolute Gasteiger partial charge is 0.394 e. The average Bonchev–Trinajstić information content (AvgIpc) is 2.35. The van der Waals surface area contributed by atoms with Crippen molar-refractivity contribution in [2.24, 2.45) is 9.98 Å². The third-order valence-corrected chi connectivity index (χ3v) is 1.80. The van der Waals surface area contributed by atoms with Crippen LogP contribution in [-0.2, 0) is 9.59 Å². The zero-order valence-electron chi connectivity index (χ0n) is 10.1. The summed E-state index contributed by atoms with van der Waals surface area (Å²) in [6, 6.07) is 4.88. The standard InChI is InChI=1S/C9H6N2O2.C3H8O2/c1-7-2-3-8(10-5-12)4-9(7)11-6-13;1-3(5)2-4/h2-4H,1H3;3-5H,2H2,1H3. The lowest BCUT2D eigenvalue weighted by atomic mass is 10.2. The Bertz CT molecular complexity index is 473. The van der Waals surface area contributed by atoms with E-state index in [0.29, 0.717) is 11.4 Å². The van der Waals surface area contributed by atoms with Gasteiger partial charge in [-0.1, -0.05) is 6.07 Å². The molecule has 0 radical (unpaired) electrons. The van der Waals surface area contributed by atoms with Crippen molar-refractivity contribution in [1.29, 1.82) is 0 Å². The van der Waals surface area contributed by atoms with Crippen LogP contribution >= 0.6 is 0 Å². The van der Waals surface area contributed by atoms with Crippen molar-refractivity contribution in [2.45, 2.75) is 20.0 Å². The summed E-state index contributed by atoms with van der Waals surface area (Å²) in [5, 5.41) is 16.0. The van der Waals surface area contributed by atoms with E-state index in [0.717, 1.165) is 5.56 Å². The SMILES string of the molecule is CC(O)CO.Cc1ccc(N=C=O)cc1N=C=O. The number of nitrogens with zero attached hydrogens (tertiary/aromatic N) is 2. The number of rotatable bonds is 3. The average molecular weight is 250 g/mol. The van der Waals surface area contributed by atoms with Gasteiger partial charge in [0.15, 0.2) is 0 Å². The van der Waals surface area contributed by atoms with E-state index in [1.165, 1.54) is 25.1 Å². The van der Waals surface area contributed by atoms with Crippen LogP contribution in [0, 0.1) is 6.92 Å². The first-order valence-corrected chi connectivity index (χ1v) is 5.10. The fourth-order valence-corrected chi connectivity index (χ4v) is 0.890. The van der Waals surface area contributed by atoms with Crippen molar-refractivity contribution in [2.75, 3.05) is 6.61 Å². The number of isocyanates is 2. The first-order valence-electron chi connectivity index (χ1n) is 5.10. The minimum absolute atomic E-state index is 0.139. The van der Waals surface area contributed by atoms with Gasteiger partial charge < -0.3 is 10.2 Å². The second kappa shape index (κ2) is 8.98. The molecule has 6 heteroatoms. The first-order chi connectivity index (χ1) is 8.54. The molecule has 0 saturated carbocycles. The molecule has 1 aromatic carbocycles. The molecule has 0 aliphatic rings. The molecule has 0 bridgehead atoms. The van der Waals surface area contributed by atoms with Gasteiger partial charge in [0.25, 0.3) is 0 Å².